The van der Waals surface area contributed by atoms with Crippen LogP contribution < -0.4 is 5.32 Å². The number of amides is 1. The molecule has 0 aliphatic rings. The summed E-state index contributed by atoms with van der Waals surface area (Å²) in [6, 6.07) is -0.535. The Morgan fingerprint density at radius 3 is 0.813 bits per heavy atom. The third-order valence-corrected chi connectivity index (χ3v) is 16.4. The predicted molar refractivity (Wildman–Crippen MR) is 336 cm³/mol. The molecule has 0 heterocycles. The zero-order valence-corrected chi connectivity index (χ0v) is 51.3. The van der Waals surface area contributed by atoms with Crippen molar-refractivity contribution in [2.24, 2.45) is 0 Å². The lowest BCUT2D eigenvalue weighted by Crippen LogP contribution is -2.45. The smallest absolute Gasteiger partial charge is 0.220 e. The molecule has 0 spiro atoms. The number of hydrogen-bond donors (Lipinski definition) is 3. The largest absolute Gasteiger partial charge is 0.394 e. The Morgan fingerprint density at radius 1 is 0.320 bits per heavy atom. The fourth-order valence-corrected chi connectivity index (χ4v) is 11.1. The van der Waals surface area contributed by atoms with Crippen LogP contribution in [0.3, 0.4) is 0 Å². The molecule has 4 nitrogen and oxygen atoms in total. The molecule has 0 saturated heterocycles. The van der Waals surface area contributed by atoms with Crippen LogP contribution in [0.4, 0.5) is 0 Å². The first-order chi connectivity index (χ1) is 37.2. The van der Waals surface area contributed by atoms with Crippen molar-refractivity contribution in [3.8, 4) is 0 Å². The molecular weight excluding hydrogens is 915 g/mol. The van der Waals surface area contributed by atoms with Crippen molar-refractivity contribution in [3.05, 3.63) is 36.5 Å². The van der Waals surface area contributed by atoms with Gasteiger partial charge < -0.3 is 15.5 Å². The van der Waals surface area contributed by atoms with Crippen LogP contribution in [0.5, 0.6) is 0 Å². The average molecular weight is 1050 g/mol. The summed E-state index contributed by atoms with van der Waals surface area (Å²) in [7, 11) is 0. The fraction of sp³-hybridized carbons (Fsp3) is 0.901. The van der Waals surface area contributed by atoms with E-state index in [4.69, 9.17) is 0 Å². The standard InChI is InChI=1S/C71H137NO3/c1-3-5-7-9-11-13-15-17-19-21-23-25-27-28-29-30-31-32-33-34-35-36-37-38-39-40-41-42-43-44-45-47-49-51-53-55-57-59-61-63-65-67-71(75)72-69(68-73)70(74)66-64-62-60-58-56-54-52-50-48-46-26-24-22-20-18-16-14-12-10-8-6-4-2/h15,17,21,23,27-28,69-70,73-74H,3-14,16,18-20,22,24-26,29-68H2,1-2H3,(H,72,75)/b17-15-,23-21-,28-27-. The van der Waals surface area contributed by atoms with Crippen LogP contribution >= 0.6 is 0 Å². The number of aliphatic hydroxyl groups is 2. The molecule has 75 heavy (non-hydrogen) atoms. The van der Waals surface area contributed by atoms with E-state index in [9.17, 15) is 15.0 Å². The second-order valence-corrected chi connectivity index (χ2v) is 24.0. The molecule has 2 atom stereocenters. The van der Waals surface area contributed by atoms with Gasteiger partial charge in [-0.3, -0.25) is 4.79 Å². The number of rotatable bonds is 65. The minimum Gasteiger partial charge on any atom is -0.394 e. The fourth-order valence-electron chi connectivity index (χ4n) is 11.1. The lowest BCUT2D eigenvalue weighted by Gasteiger charge is -2.22. The Morgan fingerprint density at radius 2 is 0.547 bits per heavy atom. The van der Waals surface area contributed by atoms with Gasteiger partial charge in [-0.2, -0.15) is 0 Å². The number of hydrogen-bond acceptors (Lipinski definition) is 3. The maximum absolute atomic E-state index is 12.5. The molecule has 444 valence electrons. The molecule has 0 aromatic heterocycles. The zero-order chi connectivity index (χ0) is 54.1. The summed E-state index contributed by atoms with van der Waals surface area (Å²) in [5.41, 5.74) is 0. The first-order valence-electron chi connectivity index (χ1n) is 34.7. The van der Waals surface area contributed by atoms with E-state index in [0.29, 0.717) is 12.8 Å². The number of allylic oxidation sites excluding steroid dienone is 6. The highest BCUT2D eigenvalue weighted by atomic mass is 16.3. The van der Waals surface area contributed by atoms with Crippen LogP contribution in [0.2, 0.25) is 0 Å². The summed E-state index contributed by atoms with van der Waals surface area (Å²) in [4.78, 5) is 12.5. The summed E-state index contributed by atoms with van der Waals surface area (Å²) in [6.07, 6.45) is 92.0. The van der Waals surface area contributed by atoms with Gasteiger partial charge in [0.05, 0.1) is 18.8 Å². The van der Waals surface area contributed by atoms with Crippen molar-refractivity contribution in [1.82, 2.24) is 5.32 Å². The Labute approximate surface area is 472 Å². The highest BCUT2D eigenvalue weighted by Gasteiger charge is 2.20. The van der Waals surface area contributed by atoms with Gasteiger partial charge in [0.2, 0.25) is 5.91 Å². The SMILES string of the molecule is CCCCCCC/C=C\C/C=C\C/C=C\CCCCCCCCCCCCCCCCCCCCCCCCCCCCC(=O)NC(CO)C(O)CCCCCCCCCCCCCCCCCCCCCCCC. The van der Waals surface area contributed by atoms with Crippen LogP contribution in [0, 0.1) is 0 Å². The van der Waals surface area contributed by atoms with Crippen molar-refractivity contribution < 1.29 is 15.0 Å². The lowest BCUT2D eigenvalue weighted by atomic mass is 10.0. The number of nitrogens with one attached hydrogen (secondary N) is 1. The Hall–Kier alpha value is -1.39. The molecule has 0 aliphatic heterocycles. The Kier molecular flexibility index (Phi) is 65.6. The van der Waals surface area contributed by atoms with Gasteiger partial charge in [-0.25, -0.2) is 0 Å². The van der Waals surface area contributed by atoms with Gasteiger partial charge in [-0.1, -0.05) is 371 Å². The zero-order valence-electron chi connectivity index (χ0n) is 51.3. The molecule has 0 fully saturated rings. The second-order valence-electron chi connectivity index (χ2n) is 24.0. The van der Waals surface area contributed by atoms with E-state index in [1.54, 1.807) is 0 Å². The van der Waals surface area contributed by atoms with Gasteiger partial charge in [0.25, 0.3) is 0 Å². The summed E-state index contributed by atoms with van der Waals surface area (Å²) in [6.45, 7) is 4.39. The molecule has 0 saturated carbocycles. The second kappa shape index (κ2) is 66.9. The molecule has 0 aromatic carbocycles. The van der Waals surface area contributed by atoms with Crippen molar-refractivity contribution in [2.45, 2.75) is 405 Å². The summed E-state index contributed by atoms with van der Waals surface area (Å²) >= 11 is 0. The summed E-state index contributed by atoms with van der Waals surface area (Å²) < 4.78 is 0. The molecule has 1 amide bonds. The van der Waals surface area contributed by atoms with Crippen LogP contribution in [0.1, 0.15) is 393 Å². The summed E-state index contributed by atoms with van der Waals surface area (Å²) in [5, 5.41) is 23.4. The lowest BCUT2D eigenvalue weighted by molar-refractivity contribution is -0.123. The minimum atomic E-state index is -0.658. The number of aliphatic hydroxyl groups excluding tert-OH is 2. The Bertz CT molecular complexity index is 1150. The molecule has 0 rings (SSSR count). The highest BCUT2D eigenvalue weighted by Crippen LogP contribution is 2.19. The van der Waals surface area contributed by atoms with Crippen LogP contribution in [0.25, 0.3) is 0 Å². The maximum Gasteiger partial charge on any atom is 0.220 e. The van der Waals surface area contributed by atoms with Crippen molar-refractivity contribution in [2.75, 3.05) is 6.61 Å². The van der Waals surface area contributed by atoms with Crippen LogP contribution in [-0.4, -0.2) is 34.9 Å². The minimum absolute atomic E-state index is 0.0222. The van der Waals surface area contributed by atoms with Gasteiger partial charge in [0, 0.05) is 6.42 Å². The molecule has 0 aromatic rings. The normalized spacial score (nSPS) is 12.9. The number of carbonyl (C=O) groups excluding carboxylic acids is 1. The Balaban J connectivity index is 3.37. The molecule has 2 unspecified atom stereocenters. The van der Waals surface area contributed by atoms with Gasteiger partial charge in [0.1, 0.15) is 0 Å². The van der Waals surface area contributed by atoms with E-state index in [2.05, 4.69) is 55.6 Å². The number of unbranched alkanes of at least 4 members (excludes halogenated alkanes) is 52. The maximum atomic E-state index is 12.5. The van der Waals surface area contributed by atoms with Crippen molar-refractivity contribution in [1.29, 1.82) is 0 Å². The quantitative estimate of drug-likeness (QED) is 0.0420. The van der Waals surface area contributed by atoms with Gasteiger partial charge in [-0.05, 0) is 51.4 Å². The van der Waals surface area contributed by atoms with E-state index in [-0.39, 0.29) is 12.5 Å². The highest BCUT2D eigenvalue weighted by molar-refractivity contribution is 5.76. The first kappa shape index (κ1) is 73.6. The van der Waals surface area contributed by atoms with E-state index >= 15 is 0 Å². The van der Waals surface area contributed by atoms with Crippen LogP contribution in [0.15, 0.2) is 36.5 Å². The van der Waals surface area contributed by atoms with Gasteiger partial charge >= 0.3 is 0 Å². The van der Waals surface area contributed by atoms with E-state index in [1.165, 1.54) is 327 Å². The van der Waals surface area contributed by atoms with E-state index in [0.717, 1.165) is 38.5 Å². The molecule has 0 aliphatic carbocycles. The monoisotopic (exact) mass is 1050 g/mol. The molecule has 4 heteroatoms. The van der Waals surface area contributed by atoms with E-state index < -0.39 is 12.1 Å². The molecule has 0 bridgehead atoms. The molecule has 3 N–H and O–H groups in total. The van der Waals surface area contributed by atoms with Crippen molar-refractivity contribution in [3.63, 3.8) is 0 Å². The number of carbonyl (C=O) groups is 1. The molecular formula is C71H137NO3. The third kappa shape index (κ3) is 63.3. The van der Waals surface area contributed by atoms with Gasteiger partial charge in [0.15, 0.2) is 0 Å². The van der Waals surface area contributed by atoms with Gasteiger partial charge in [-0.15, -0.1) is 0 Å². The average Bonchev–Trinajstić information content (AvgIpc) is 3.41. The predicted octanol–water partition coefficient (Wildman–Crippen LogP) is 23.5. The van der Waals surface area contributed by atoms with Crippen LogP contribution in [-0.2, 0) is 4.79 Å². The van der Waals surface area contributed by atoms with E-state index in [1.807, 2.05) is 0 Å². The molecule has 0 radical (unpaired) electrons. The first-order valence-corrected chi connectivity index (χ1v) is 34.7. The topological polar surface area (TPSA) is 69.6 Å². The third-order valence-electron chi connectivity index (χ3n) is 16.4. The van der Waals surface area contributed by atoms with Crippen molar-refractivity contribution >= 4 is 5.91 Å². The summed E-state index contributed by atoms with van der Waals surface area (Å²) in [5.74, 6) is -0.0222.